The minimum Gasteiger partial charge on any atom is -0.390 e. The van der Waals surface area contributed by atoms with E-state index in [1.807, 2.05) is 24.4 Å². The molecule has 1 rings (SSSR count). The number of nitrogens with one attached hydrogen (secondary N) is 1. The highest BCUT2D eigenvalue weighted by atomic mass is 14.8. The van der Waals surface area contributed by atoms with Crippen LogP contribution in [0.3, 0.4) is 0 Å². The van der Waals surface area contributed by atoms with E-state index in [4.69, 9.17) is 0 Å². The largest absolute Gasteiger partial charge is 0.390 e. The Morgan fingerprint density at radius 3 is 2.83 bits per heavy atom. The van der Waals surface area contributed by atoms with Crippen LogP contribution in [0.4, 0.5) is 0 Å². The van der Waals surface area contributed by atoms with Crippen molar-refractivity contribution in [1.82, 2.24) is 5.32 Å². The molecule has 1 aromatic rings. The molecule has 0 saturated heterocycles. The molecule has 1 aromatic carbocycles. The summed E-state index contributed by atoms with van der Waals surface area (Å²) in [5.74, 6) is 0. The lowest BCUT2D eigenvalue weighted by atomic mass is 10.2. The van der Waals surface area contributed by atoms with E-state index in [0.29, 0.717) is 0 Å². The Morgan fingerprint density at radius 2 is 2.17 bits per heavy atom. The third-order valence-corrected chi connectivity index (χ3v) is 1.71. The molecule has 0 amide bonds. The van der Waals surface area contributed by atoms with Gasteiger partial charge in [0.05, 0.1) is 0 Å². The van der Waals surface area contributed by atoms with Crippen LogP contribution in [-0.2, 0) is 0 Å². The van der Waals surface area contributed by atoms with Crippen molar-refractivity contribution in [3.05, 3.63) is 34.7 Å². The van der Waals surface area contributed by atoms with E-state index < -0.39 is 0 Å². The van der Waals surface area contributed by atoms with Gasteiger partial charge in [0.15, 0.2) is 0 Å². The van der Waals surface area contributed by atoms with Gasteiger partial charge >= 0.3 is 0 Å². The zero-order valence-corrected chi connectivity index (χ0v) is 7.51. The van der Waals surface area contributed by atoms with Crippen LogP contribution in [0, 0.1) is 0 Å². The third-order valence-electron chi connectivity index (χ3n) is 1.71. The summed E-state index contributed by atoms with van der Waals surface area (Å²) in [7, 11) is 0. The van der Waals surface area contributed by atoms with E-state index in [9.17, 15) is 0 Å². The Hall–Kier alpha value is -1.24. The Bertz CT molecular complexity index is 327. The van der Waals surface area contributed by atoms with Crippen LogP contribution in [0.25, 0.3) is 12.8 Å². The molecular weight excluding hydrogens is 146 g/mol. The van der Waals surface area contributed by atoms with Crippen LogP contribution in [0.1, 0.15) is 13.3 Å². The normalized spacial score (nSPS) is 11.6. The summed E-state index contributed by atoms with van der Waals surface area (Å²) in [6.07, 6.45) is 3.17. The van der Waals surface area contributed by atoms with Crippen molar-refractivity contribution in [2.75, 3.05) is 6.54 Å². The summed E-state index contributed by atoms with van der Waals surface area (Å²) < 4.78 is 0. The van der Waals surface area contributed by atoms with Gasteiger partial charge in [-0.15, -0.1) is 0 Å². The minimum absolute atomic E-state index is 1.02. The second kappa shape index (κ2) is 4.60. The average molecular weight is 161 g/mol. The topological polar surface area (TPSA) is 12.0 Å². The molecule has 0 bridgehead atoms. The Morgan fingerprint density at radius 1 is 1.42 bits per heavy atom. The van der Waals surface area contributed by atoms with Crippen molar-refractivity contribution >= 4 is 12.8 Å². The molecule has 1 heteroatoms. The van der Waals surface area contributed by atoms with Crippen LogP contribution >= 0.6 is 0 Å². The molecule has 0 aromatic heterocycles. The molecule has 0 aliphatic heterocycles. The summed E-state index contributed by atoms with van der Waals surface area (Å²) in [5.41, 5.74) is 0. The Labute approximate surface area is 73.4 Å². The first-order chi connectivity index (χ1) is 5.84. The molecule has 1 N–H and O–H groups in total. The van der Waals surface area contributed by atoms with Crippen molar-refractivity contribution in [3.8, 4) is 0 Å². The summed E-state index contributed by atoms with van der Waals surface area (Å²) in [4.78, 5) is 0. The predicted molar refractivity (Wildman–Crippen MR) is 54.0 cm³/mol. The maximum atomic E-state index is 3.93. The molecule has 0 atom stereocenters. The van der Waals surface area contributed by atoms with Gasteiger partial charge in [-0.05, 0) is 16.9 Å². The van der Waals surface area contributed by atoms with Gasteiger partial charge in [-0.2, -0.15) is 0 Å². The number of hydrogen-bond donors (Lipinski definition) is 1. The summed E-state index contributed by atoms with van der Waals surface area (Å²) in [5, 5.41) is 5.47. The summed E-state index contributed by atoms with van der Waals surface area (Å²) in [6, 6.07) is 8.10. The molecule has 0 unspecified atom stereocenters. The molecule has 12 heavy (non-hydrogen) atoms. The van der Waals surface area contributed by atoms with Crippen molar-refractivity contribution in [1.29, 1.82) is 0 Å². The van der Waals surface area contributed by atoms with E-state index >= 15 is 0 Å². The van der Waals surface area contributed by atoms with E-state index in [1.54, 1.807) is 0 Å². The van der Waals surface area contributed by atoms with Crippen LogP contribution in [0.5, 0.6) is 0 Å². The molecule has 0 aliphatic rings. The van der Waals surface area contributed by atoms with Crippen LogP contribution in [0.15, 0.2) is 24.3 Å². The minimum atomic E-state index is 1.02. The maximum Gasteiger partial charge on any atom is 0.0139 e. The molecule has 0 aliphatic carbocycles. The fraction of sp³-hybridized carbons (Fsp3) is 0.273. The molecular formula is C11H15N. The number of rotatable bonds is 3. The van der Waals surface area contributed by atoms with Crippen molar-refractivity contribution in [2.45, 2.75) is 13.3 Å². The third kappa shape index (κ3) is 2.42. The highest BCUT2D eigenvalue weighted by Crippen LogP contribution is 1.71. The second-order valence-electron chi connectivity index (χ2n) is 2.80. The molecule has 0 radical (unpaired) electrons. The molecule has 0 spiro atoms. The lowest BCUT2D eigenvalue weighted by molar-refractivity contribution is 0.837. The number of hydrogen-bond acceptors (Lipinski definition) is 1. The molecule has 0 fully saturated rings. The van der Waals surface area contributed by atoms with Crippen LogP contribution < -0.4 is 15.8 Å². The van der Waals surface area contributed by atoms with Gasteiger partial charge in [-0.1, -0.05) is 37.8 Å². The Balaban J connectivity index is 2.80. The molecule has 0 saturated carbocycles. The zero-order valence-electron chi connectivity index (χ0n) is 7.51. The van der Waals surface area contributed by atoms with Crippen molar-refractivity contribution in [2.24, 2.45) is 0 Å². The summed E-state index contributed by atoms with van der Waals surface area (Å²) >= 11 is 0. The SMILES string of the molecule is C=c1cccc/c1=C/NCCC. The molecule has 1 nitrogen and oxygen atoms in total. The lowest BCUT2D eigenvalue weighted by Gasteiger charge is -1.94. The molecule has 64 valence electrons. The number of benzene rings is 1. The highest BCUT2D eigenvalue weighted by molar-refractivity contribution is 5.24. The van der Waals surface area contributed by atoms with Crippen LogP contribution in [-0.4, -0.2) is 6.54 Å². The predicted octanol–water partition coefficient (Wildman–Crippen LogP) is 0.834. The monoisotopic (exact) mass is 161 g/mol. The standard InChI is InChI=1S/C11H15N/c1-3-8-12-9-11-7-5-4-6-10(11)2/h4-7,9,12H,2-3,8H2,1H3/b11-9-. The van der Waals surface area contributed by atoms with E-state index in [2.05, 4.69) is 24.9 Å². The second-order valence-corrected chi connectivity index (χ2v) is 2.80. The summed E-state index contributed by atoms with van der Waals surface area (Å²) in [6.45, 7) is 7.10. The first-order valence-corrected chi connectivity index (χ1v) is 4.32. The van der Waals surface area contributed by atoms with E-state index in [1.165, 1.54) is 5.22 Å². The first-order valence-electron chi connectivity index (χ1n) is 4.32. The Kier molecular flexibility index (Phi) is 3.39. The quantitative estimate of drug-likeness (QED) is 0.648. The van der Waals surface area contributed by atoms with Crippen molar-refractivity contribution in [3.63, 3.8) is 0 Å². The fourth-order valence-corrected chi connectivity index (χ4v) is 1.00. The maximum absolute atomic E-state index is 3.93. The van der Waals surface area contributed by atoms with Gasteiger partial charge in [0.1, 0.15) is 0 Å². The van der Waals surface area contributed by atoms with Crippen LogP contribution in [0.2, 0.25) is 0 Å². The highest BCUT2D eigenvalue weighted by Gasteiger charge is 1.79. The van der Waals surface area contributed by atoms with Gasteiger partial charge in [-0.3, -0.25) is 0 Å². The fourth-order valence-electron chi connectivity index (χ4n) is 1.00. The van der Waals surface area contributed by atoms with Gasteiger partial charge in [0.25, 0.3) is 0 Å². The van der Waals surface area contributed by atoms with Gasteiger partial charge in [-0.25, -0.2) is 0 Å². The van der Waals surface area contributed by atoms with Gasteiger partial charge in [0, 0.05) is 12.7 Å². The average Bonchev–Trinajstić information content (AvgIpc) is 2.09. The van der Waals surface area contributed by atoms with Crippen molar-refractivity contribution < 1.29 is 0 Å². The molecule has 0 heterocycles. The van der Waals surface area contributed by atoms with E-state index in [-0.39, 0.29) is 0 Å². The smallest absolute Gasteiger partial charge is 0.0139 e. The zero-order chi connectivity index (χ0) is 8.81. The lowest BCUT2D eigenvalue weighted by Crippen LogP contribution is -2.25. The van der Waals surface area contributed by atoms with E-state index in [0.717, 1.165) is 18.2 Å². The van der Waals surface area contributed by atoms with Gasteiger partial charge in [0.2, 0.25) is 0 Å². The first kappa shape index (κ1) is 8.85. The van der Waals surface area contributed by atoms with Gasteiger partial charge < -0.3 is 5.32 Å².